The maximum absolute atomic E-state index is 13.3. The number of carbonyl (C=O) groups is 1. The van der Waals surface area contributed by atoms with Crippen LogP contribution in [-0.2, 0) is 4.79 Å². The second-order valence-electron chi connectivity index (χ2n) is 2.95. The van der Waals surface area contributed by atoms with Gasteiger partial charge in [-0.05, 0) is 6.07 Å². The summed E-state index contributed by atoms with van der Waals surface area (Å²) >= 11 is 5.47. The molecule has 0 spiro atoms. The molecule has 0 amide bonds. The van der Waals surface area contributed by atoms with Crippen LogP contribution in [0.4, 0.5) is 4.39 Å². The standard InChI is InChI=1S/C9H9ClFNO3/c10-5-3-1-2-4(6(5)11)8(13)7(12)9(14)15/h1-3,7-8,13H,12H2,(H,14,15). The SMILES string of the molecule is NC(C(=O)O)C(O)c1cccc(Cl)c1F. The van der Waals surface area contributed by atoms with Crippen LogP contribution < -0.4 is 5.73 Å². The molecule has 82 valence electrons. The van der Waals surface area contributed by atoms with Crippen LogP contribution in [-0.4, -0.2) is 22.2 Å². The van der Waals surface area contributed by atoms with Gasteiger partial charge in [-0.25, -0.2) is 4.39 Å². The van der Waals surface area contributed by atoms with E-state index >= 15 is 0 Å². The van der Waals surface area contributed by atoms with Crippen molar-refractivity contribution in [3.63, 3.8) is 0 Å². The normalized spacial score (nSPS) is 14.7. The Labute approximate surface area is 90.1 Å². The van der Waals surface area contributed by atoms with Gasteiger partial charge in [0.1, 0.15) is 18.0 Å². The Morgan fingerprint density at radius 2 is 2.13 bits per heavy atom. The van der Waals surface area contributed by atoms with E-state index in [1.54, 1.807) is 0 Å². The first kappa shape index (κ1) is 11.9. The van der Waals surface area contributed by atoms with E-state index in [9.17, 15) is 14.3 Å². The van der Waals surface area contributed by atoms with Gasteiger partial charge in [-0.15, -0.1) is 0 Å². The molecule has 4 N–H and O–H groups in total. The molecule has 1 rings (SSSR count). The summed E-state index contributed by atoms with van der Waals surface area (Å²) in [5.74, 6) is -2.27. The average Bonchev–Trinajstić information content (AvgIpc) is 2.20. The van der Waals surface area contributed by atoms with Gasteiger partial charge in [0.15, 0.2) is 0 Å². The van der Waals surface area contributed by atoms with Gasteiger partial charge < -0.3 is 15.9 Å². The number of aliphatic carboxylic acids is 1. The Kier molecular flexibility index (Phi) is 3.62. The third-order valence-electron chi connectivity index (χ3n) is 1.93. The molecule has 0 radical (unpaired) electrons. The van der Waals surface area contributed by atoms with Gasteiger partial charge in [0, 0.05) is 5.56 Å². The van der Waals surface area contributed by atoms with E-state index in [1.165, 1.54) is 18.2 Å². The number of benzene rings is 1. The first-order valence-corrected chi connectivity index (χ1v) is 4.43. The van der Waals surface area contributed by atoms with Gasteiger partial charge >= 0.3 is 5.97 Å². The average molecular weight is 234 g/mol. The molecule has 4 nitrogen and oxygen atoms in total. The third kappa shape index (κ3) is 2.44. The van der Waals surface area contributed by atoms with Crippen LogP contribution >= 0.6 is 11.6 Å². The zero-order chi connectivity index (χ0) is 11.6. The van der Waals surface area contributed by atoms with Crippen LogP contribution in [0.25, 0.3) is 0 Å². The molecule has 0 aromatic heterocycles. The summed E-state index contributed by atoms with van der Waals surface area (Å²) in [6.07, 6.45) is -1.62. The number of hydrogen-bond acceptors (Lipinski definition) is 3. The largest absolute Gasteiger partial charge is 0.480 e. The zero-order valence-electron chi connectivity index (χ0n) is 7.52. The molecule has 2 atom stereocenters. The summed E-state index contributed by atoms with van der Waals surface area (Å²) in [4.78, 5) is 10.5. The van der Waals surface area contributed by atoms with E-state index in [1.807, 2.05) is 0 Å². The lowest BCUT2D eigenvalue weighted by molar-refractivity contribution is -0.141. The minimum atomic E-state index is -1.62. The second kappa shape index (κ2) is 4.57. The molecule has 15 heavy (non-hydrogen) atoms. The number of nitrogens with two attached hydrogens (primary N) is 1. The lowest BCUT2D eigenvalue weighted by atomic mass is 10.0. The number of carboxylic acids is 1. The molecule has 0 saturated heterocycles. The number of carboxylic acid groups (broad SMARTS) is 1. The Bertz CT molecular complexity index is 386. The first-order valence-electron chi connectivity index (χ1n) is 4.05. The fourth-order valence-electron chi connectivity index (χ4n) is 1.08. The van der Waals surface area contributed by atoms with Gasteiger partial charge in [0.25, 0.3) is 0 Å². The van der Waals surface area contributed by atoms with Gasteiger partial charge in [-0.1, -0.05) is 23.7 Å². The second-order valence-corrected chi connectivity index (χ2v) is 3.36. The lowest BCUT2D eigenvalue weighted by Gasteiger charge is -2.16. The van der Waals surface area contributed by atoms with Crippen LogP contribution in [0.1, 0.15) is 11.7 Å². The summed E-state index contributed by atoms with van der Waals surface area (Å²) in [5.41, 5.74) is 4.93. The molecule has 6 heteroatoms. The summed E-state index contributed by atoms with van der Waals surface area (Å²) in [6, 6.07) is 2.34. The molecule has 0 saturated carbocycles. The molecule has 0 aliphatic rings. The van der Waals surface area contributed by atoms with E-state index in [-0.39, 0.29) is 10.6 Å². The van der Waals surface area contributed by atoms with E-state index in [4.69, 9.17) is 22.4 Å². The lowest BCUT2D eigenvalue weighted by Crippen LogP contribution is -2.36. The molecule has 2 unspecified atom stereocenters. The predicted molar refractivity (Wildman–Crippen MR) is 52.0 cm³/mol. The van der Waals surface area contributed by atoms with Gasteiger partial charge in [0.2, 0.25) is 0 Å². The highest BCUT2D eigenvalue weighted by Crippen LogP contribution is 2.24. The highest BCUT2D eigenvalue weighted by molar-refractivity contribution is 6.30. The highest BCUT2D eigenvalue weighted by atomic mass is 35.5. The van der Waals surface area contributed by atoms with E-state index in [0.717, 1.165) is 0 Å². The Balaban J connectivity index is 3.06. The molecule has 0 aliphatic carbocycles. The fraction of sp³-hybridized carbons (Fsp3) is 0.222. The van der Waals surface area contributed by atoms with Gasteiger partial charge in [0.05, 0.1) is 5.02 Å². The van der Waals surface area contributed by atoms with Crippen molar-refractivity contribution in [2.24, 2.45) is 5.73 Å². The van der Waals surface area contributed by atoms with Gasteiger partial charge in [-0.3, -0.25) is 4.79 Å². The quantitative estimate of drug-likeness (QED) is 0.725. The van der Waals surface area contributed by atoms with Crippen molar-refractivity contribution < 1.29 is 19.4 Å². The van der Waals surface area contributed by atoms with Gasteiger partial charge in [-0.2, -0.15) is 0 Å². The van der Waals surface area contributed by atoms with Crippen molar-refractivity contribution in [2.45, 2.75) is 12.1 Å². The number of aliphatic hydroxyl groups excluding tert-OH is 1. The van der Waals surface area contributed by atoms with E-state index < -0.39 is 23.9 Å². The summed E-state index contributed by atoms with van der Waals surface area (Å²) < 4.78 is 13.3. The first-order chi connectivity index (χ1) is 6.95. The molecular weight excluding hydrogens is 225 g/mol. The maximum atomic E-state index is 13.3. The van der Waals surface area contributed by atoms with Crippen molar-refractivity contribution >= 4 is 17.6 Å². The monoisotopic (exact) mass is 233 g/mol. The number of aliphatic hydroxyl groups is 1. The number of hydrogen-bond donors (Lipinski definition) is 3. The molecule has 0 heterocycles. The maximum Gasteiger partial charge on any atom is 0.323 e. The van der Waals surface area contributed by atoms with Crippen LogP contribution in [0.3, 0.4) is 0 Å². The van der Waals surface area contributed by atoms with Crippen molar-refractivity contribution in [2.75, 3.05) is 0 Å². The van der Waals surface area contributed by atoms with Crippen LogP contribution in [0.2, 0.25) is 5.02 Å². The van der Waals surface area contributed by atoms with Crippen LogP contribution in [0, 0.1) is 5.82 Å². The molecule has 1 aromatic rings. The zero-order valence-corrected chi connectivity index (χ0v) is 8.28. The smallest absolute Gasteiger partial charge is 0.323 e. The molecule has 0 fully saturated rings. The molecule has 0 aliphatic heterocycles. The summed E-state index contributed by atoms with van der Waals surface area (Å²) in [7, 11) is 0. The van der Waals surface area contributed by atoms with E-state index in [0.29, 0.717) is 0 Å². The molecular formula is C9H9ClFNO3. The summed E-state index contributed by atoms with van der Waals surface area (Å²) in [5, 5.41) is 17.8. The van der Waals surface area contributed by atoms with Crippen molar-refractivity contribution in [1.29, 1.82) is 0 Å². The predicted octanol–water partition coefficient (Wildman–Crippen LogP) is 0.924. The van der Waals surface area contributed by atoms with Crippen LogP contribution in [0.5, 0.6) is 0 Å². The Morgan fingerprint density at radius 1 is 1.53 bits per heavy atom. The van der Waals surface area contributed by atoms with Crippen molar-refractivity contribution in [3.05, 3.63) is 34.6 Å². The van der Waals surface area contributed by atoms with Crippen molar-refractivity contribution in [3.8, 4) is 0 Å². The number of halogens is 2. The molecule has 0 bridgehead atoms. The fourth-order valence-corrected chi connectivity index (χ4v) is 1.26. The van der Waals surface area contributed by atoms with Crippen LogP contribution in [0.15, 0.2) is 18.2 Å². The summed E-state index contributed by atoms with van der Waals surface area (Å²) in [6.45, 7) is 0. The third-order valence-corrected chi connectivity index (χ3v) is 2.22. The minimum absolute atomic E-state index is 0.191. The topological polar surface area (TPSA) is 83.6 Å². The molecule has 1 aromatic carbocycles. The highest BCUT2D eigenvalue weighted by Gasteiger charge is 2.26. The minimum Gasteiger partial charge on any atom is -0.480 e. The number of rotatable bonds is 3. The Hall–Kier alpha value is -1.17. The van der Waals surface area contributed by atoms with E-state index in [2.05, 4.69) is 0 Å². The van der Waals surface area contributed by atoms with Crippen molar-refractivity contribution in [1.82, 2.24) is 0 Å². The Morgan fingerprint density at radius 3 is 2.67 bits per heavy atom.